The number of para-hydroxylation sites is 1. The zero-order chi connectivity index (χ0) is 18.4. The summed E-state index contributed by atoms with van der Waals surface area (Å²) < 4.78 is 5.68. The molecule has 1 saturated heterocycles. The van der Waals surface area contributed by atoms with Crippen LogP contribution in [0.15, 0.2) is 35.4 Å². The number of nitrogens with one attached hydrogen (secondary N) is 1. The lowest BCUT2D eigenvalue weighted by molar-refractivity contribution is -0.138. The van der Waals surface area contributed by atoms with Gasteiger partial charge < -0.3 is 15.2 Å². The molecule has 2 aliphatic heterocycles. The summed E-state index contributed by atoms with van der Waals surface area (Å²) in [5, 5.41) is 18.0. The van der Waals surface area contributed by atoms with Crippen molar-refractivity contribution in [1.82, 2.24) is 5.32 Å². The summed E-state index contributed by atoms with van der Waals surface area (Å²) in [5.74, 6) is -1.28. The minimum Gasteiger partial charge on any atom is -0.480 e. The number of benzene rings is 1. The van der Waals surface area contributed by atoms with Gasteiger partial charge in [-0.2, -0.15) is 5.10 Å². The Bertz CT molecular complexity index is 656. The van der Waals surface area contributed by atoms with Gasteiger partial charge in [0.05, 0.1) is 11.8 Å². The van der Waals surface area contributed by atoms with E-state index in [-0.39, 0.29) is 18.0 Å². The molecule has 0 radical (unpaired) electrons. The van der Waals surface area contributed by atoms with E-state index in [1.165, 1.54) is 11.4 Å². The maximum Gasteiger partial charge on any atom is 0.328 e. The van der Waals surface area contributed by atoms with E-state index in [9.17, 15) is 14.7 Å². The SMILES string of the molecule is O=C(NCCCC1CCCCO1)C1=NN(c2ccccc2)C(C(=O)O)C1. The van der Waals surface area contributed by atoms with Gasteiger partial charge >= 0.3 is 5.97 Å². The minimum atomic E-state index is -0.991. The predicted molar refractivity (Wildman–Crippen MR) is 98.2 cm³/mol. The summed E-state index contributed by atoms with van der Waals surface area (Å²) >= 11 is 0. The van der Waals surface area contributed by atoms with Gasteiger partial charge in [0.25, 0.3) is 5.91 Å². The van der Waals surface area contributed by atoms with Crippen LogP contribution in [-0.4, -0.2) is 48.0 Å². The molecule has 26 heavy (non-hydrogen) atoms. The van der Waals surface area contributed by atoms with Crippen LogP contribution in [0, 0.1) is 0 Å². The summed E-state index contributed by atoms with van der Waals surface area (Å²) in [6.45, 7) is 1.38. The number of carbonyl (C=O) groups excluding carboxylic acids is 1. The van der Waals surface area contributed by atoms with E-state index in [1.807, 2.05) is 18.2 Å². The van der Waals surface area contributed by atoms with E-state index in [0.717, 1.165) is 32.3 Å². The summed E-state index contributed by atoms with van der Waals surface area (Å²) in [7, 11) is 0. The number of anilines is 1. The molecule has 0 saturated carbocycles. The van der Waals surface area contributed by atoms with Gasteiger partial charge in [-0.25, -0.2) is 4.79 Å². The van der Waals surface area contributed by atoms with Crippen LogP contribution in [0.3, 0.4) is 0 Å². The van der Waals surface area contributed by atoms with Gasteiger partial charge in [0.15, 0.2) is 6.04 Å². The molecule has 2 unspecified atom stereocenters. The number of carboxylic acid groups (broad SMARTS) is 1. The number of hydrogen-bond acceptors (Lipinski definition) is 5. The van der Waals surface area contributed by atoms with E-state index in [0.29, 0.717) is 18.3 Å². The normalized spacial score (nSPS) is 22.8. The summed E-state index contributed by atoms with van der Waals surface area (Å²) in [6.07, 6.45) is 5.61. The van der Waals surface area contributed by atoms with Crippen molar-refractivity contribution in [1.29, 1.82) is 0 Å². The van der Waals surface area contributed by atoms with E-state index < -0.39 is 12.0 Å². The number of carbonyl (C=O) groups is 2. The Balaban J connectivity index is 1.52. The molecular formula is C19H25N3O4. The summed E-state index contributed by atoms with van der Waals surface area (Å²) in [6, 6.07) is 8.19. The van der Waals surface area contributed by atoms with Crippen molar-refractivity contribution in [3.63, 3.8) is 0 Å². The zero-order valence-electron chi connectivity index (χ0n) is 14.8. The van der Waals surface area contributed by atoms with Gasteiger partial charge in [-0.05, 0) is 44.2 Å². The Morgan fingerprint density at radius 1 is 1.27 bits per heavy atom. The van der Waals surface area contributed by atoms with E-state index in [4.69, 9.17) is 4.74 Å². The predicted octanol–water partition coefficient (Wildman–Crippen LogP) is 2.17. The first-order chi connectivity index (χ1) is 12.6. The fourth-order valence-electron chi connectivity index (χ4n) is 3.33. The van der Waals surface area contributed by atoms with E-state index in [1.54, 1.807) is 12.1 Å². The molecule has 2 atom stereocenters. The highest BCUT2D eigenvalue weighted by Crippen LogP contribution is 2.24. The topological polar surface area (TPSA) is 91.2 Å². The average Bonchev–Trinajstić information content (AvgIpc) is 3.12. The van der Waals surface area contributed by atoms with Gasteiger partial charge in [0.2, 0.25) is 0 Å². The number of aliphatic carboxylic acids is 1. The maximum atomic E-state index is 12.3. The molecule has 2 aliphatic rings. The highest BCUT2D eigenvalue weighted by Gasteiger charge is 2.36. The van der Waals surface area contributed by atoms with Crippen molar-refractivity contribution in [3.05, 3.63) is 30.3 Å². The van der Waals surface area contributed by atoms with Gasteiger partial charge in [-0.3, -0.25) is 9.80 Å². The second-order valence-corrected chi connectivity index (χ2v) is 6.67. The largest absolute Gasteiger partial charge is 0.480 e. The first-order valence-electron chi connectivity index (χ1n) is 9.19. The highest BCUT2D eigenvalue weighted by atomic mass is 16.5. The van der Waals surface area contributed by atoms with Crippen LogP contribution in [0.25, 0.3) is 0 Å². The second-order valence-electron chi connectivity index (χ2n) is 6.67. The molecule has 7 nitrogen and oxygen atoms in total. The van der Waals surface area contributed by atoms with Crippen LogP contribution >= 0.6 is 0 Å². The molecule has 2 heterocycles. The molecule has 0 aromatic heterocycles. The Morgan fingerprint density at radius 3 is 2.77 bits per heavy atom. The number of carboxylic acids is 1. The highest BCUT2D eigenvalue weighted by molar-refractivity contribution is 6.40. The smallest absolute Gasteiger partial charge is 0.328 e. The van der Waals surface area contributed by atoms with Crippen molar-refractivity contribution < 1.29 is 19.4 Å². The van der Waals surface area contributed by atoms with Crippen LogP contribution < -0.4 is 10.3 Å². The van der Waals surface area contributed by atoms with Gasteiger partial charge in [0, 0.05) is 19.6 Å². The van der Waals surface area contributed by atoms with Gasteiger partial charge in [-0.15, -0.1) is 0 Å². The van der Waals surface area contributed by atoms with Crippen molar-refractivity contribution in [3.8, 4) is 0 Å². The Morgan fingerprint density at radius 2 is 2.08 bits per heavy atom. The van der Waals surface area contributed by atoms with Crippen LogP contribution in [0.2, 0.25) is 0 Å². The molecule has 1 fully saturated rings. The van der Waals surface area contributed by atoms with Crippen molar-refractivity contribution in [2.75, 3.05) is 18.2 Å². The first kappa shape index (κ1) is 18.4. The minimum absolute atomic E-state index is 0.0990. The third-order valence-corrected chi connectivity index (χ3v) is 4.74. The molecule has 1 amide bonds. The second kappa shape index (κ2) is 8.80. The van der Waals surface area contributed by atoms with Crippen molar-refractivity contribution in [2.24, 2.45) is 5.10 Å². The van der Waals surface area contributed by atoms with Gasteiger partial charge in [-0.1, -0.05) is 18.2 Å². The maximum absolute atomic E-state index is 12.3. The zero-order valence-corrected chi connectivity index (χ0v) is 14.8. The molecule has 2 N–H and O–H groups in total. The first-order valence-corrected chi connectivity index (χ1v) is 9.19. The lowest BCUT2D eigenvalue weighted by Crippen LogP contribution is -2.35. The third kappa shape index (κ3) is 4.60. The molecule has 140 valence electrons. The van der Waals surface area contributed by atoms with E-state index in [2.05, 4.69) is 10.4 Å². The van der Waals surface area contributed by atoms with Gasteiger partial charge in [0.1, 0.15) is 5.71 Å². The fourth-order valence-corrected chi connectivity index (χ4v) is 3.33. The quantitative estimate of drug-likeness (QED) is 0.728. The van der Waals surface area contributed by atoms with E-state index >= 15 is 0 Å². The Kier molecular flexibility index (Phi) is 6.22. The number of rotatable bonds is 7. The third-order valence-electron chi connectivity index (χ3n) is 4.74. The molecule has 7 heteroatoms. The number of amides is 1. The molecule has 1 aromatic rings. The van der Waals surface area contributed by atoms with Crippen LogP contribution in [0.5, 0.6) is 0 Å². The monoisotopic (exact) mass is 359 g/mol. The van der Waals surface area contributed by atoms with Crippen molar-refractivity contribution >= 4 is 23.3 Å². The average molecular weight is 359 g/mol. The molecule has 0 bridgehead atoms. The molecular weight excluding hydrogens is 334 g/mol. The Hall–Kier alpha value is -2.41. The fraction of sp³-hybridized carbons (Fsp3) is 0.526. The number of ether oxygens (including phenoxy) is 1. The molecule has 0 spiro atoms. The lowest BCUT2D eigenvalue weighted by atomic mass is 10.0. The summed E-state index contributed by atoms with van der Waals surface area (Å²) in [5.41, 5.74) is 0.923. The van der Waals surface area contributed by atoms with Crippen LogP contribution in [0.1, 0.15) is 38.5 Å². The van der Waals surface area contributed by atoms with Crippen LogP contribution in [0.4, 0.5) is 5.69 Å². The number of hydrogen-bond donors (Lipinski definition) is 2. The number of nitrogens with zero attached hydrogens (tertiary/aromatic N) is 2. The Labute approximate surface area is 153 Å². The lowest BCUT2D eigenvalue weighted by Gasteiger charge is -2.22. The van der Waals surface area contributed by atoms with Crippen LogP contribution in [-0.2, 0) is 14.3 Å². The molecule has 1 aromatic carbocycles. The number of hydrazone groups is 1. The summed E-state index contributed by atoms with van der Waals surface area (Å²) in [4.78, 5) is 23.9. The standard InChI is InChI=1S/C19H25N3O4/c23-18(20-11-6-10-15-9-4-5-12-26-15)16-13-17(19(24)25)22(21-16)14-7-2-1-3-8-14/h1-3,7-8,15,17H,4-6,9-13H2,(H,20,23)(H,24,25). The molecule has 0 aliphatic carbocycles. The van der Waals surface area contributed by atoms with Crippen molar-refractivity contribution in [2.45, 2.75) is 50.7 Å². The molecule has 3 rings (SSSR count).